The third kappa shape index (κ3) is 5.10. The van der Waals surface area contributed by atoms with E-state index in [2.05, 4.69) is 5.32 Å². The van der Waals surface area contributed by atoms with Crippen molar-refractivity contribution in [2.45, 2.75) is 6.42 Å². The van der Waals surface area contributed by atoms with E-state index < -0.39 is 5.91 Å². The predicted octanol–water partition coefficient (Wildman–Crippen LogP) is 1.66. The van der Waals surface area contributed by atoms with E-state index in [1.165, 1.54) is 12.1 Å². The number of primary amides is 1. The molecule has 0 aliphatic heterocycles. The molecule has 2 aromatic rings. The van der Waals surface area contributed by atoms with Crippen LogP contribution in [0, 0.1) is 5.82 Å². The maximum Gasteiger partial charge on any atom is 0.255 e. The summed E-state index contributed by atoms with van der Waals surface area (Å²) in [5, 5.41) is 2.74. The summed E-state index contributed by atoms with van der Waals surface area (Å²) < 4.78 is 18.3. The van der Waals surface area contributed by atoms with Crippen molar-refractivity contribution in [1.82, 2.24) is 5.32 Å². The Kier molecular flexibility index (Phi) is 5.68. The molecule has 3 N–H and O–H groups in total. The summed E-state index contributed by atoms with van der Waals surface area (Å²) in [5.41, 5.74) is 6.14. The van der Waals surface area contributed by atoms with Crippen LogP contribution in [0.15, 0.2) is 48.5 Å². The fourth-order valence-corrected chi connectivity index (χ4v) is 2.04. The Labute approximate surface area is 133 Å². The third-order valence-electron chi connectivity index (χ3n) is 3.09. The van der Waals surface area contributed by atoms with Gasteiger partial charge in [0.15, 0.2) is 6.61 Å². The number of nitrogens with one attached hydrogen (secondary N) is 1. The molecule has 0 unspecified atom stereocenters. The van der Waals surface area contributed by atoms with E-state index in [-0.39, 0.29) is 24.1 Å². The second-order valence-corrected chi connectivity index (χ2v) is 4.89. The monoisotopic (exact) mass is 316 g/mol. The predicted molar refractivity (Wildman–Crippen MR) is 83.6 cm³/mol. The van der Waals surface area contributed by atoms with Crippen LogP contribution in [0.1, 0.15) is 15.9 Å². The van der Waals surface area contributed by atoms with Gasteiger partial charge >= 0.3 is 0 Å². The van der Waals surface area contributed by atoms with E-state index in [1.54, 1.807) is 36.4 Å². The largest absolute Gasteiger partial charge is 0.483 e. The highest BCUT2D eigenvalue weighted by Crippen LogP contribution is 2.17. The van der Waals surface area contributed by atoms with Crippen LogP contribution in [0.2, 0.25) is 0 Å². The standard InChI is InChI=1S/C17H17FN2O3/c18-13-5-3-4-12(10-13)8-9-20-17(22)14-6-1-2-7-15(14)23-11-16(19)21/h1-7,10H,8-9,11H2,(H2,19,21)(H,20,22). The topological polar surface area (TPSA) is 81.4 Å². The number of halogens is 1. The fourth-order valence-electron chi connectivity index (χ4n) is 2.04. The van der Waals surface area contributed by atoms with E-state index >= 15 is 0 Å². The van der Waals surface area contributed by atoms with Crippen molar-refractivity contribution < 1.29 is 18.7 Å². The molecule has 2 rings (SSSR count). The zero-order chi connectivity index (χ0) is 16.7. The van der Waals surface area contributed by atoms with Crippen LogP contribution in [0.4, 0.5) is 4.39 Å². The second-order valence-electron chi connectivity index (χ2n) is 4.89. The molecule has 0 saturated heterocycles. The lowest BCUT2D eigenvalue weighted by Crippen LogP contribution is -2.27. The molecule has 0 fully saturated rings. The number of rotatable bonds is 7. The molecule has 0 aliphatic carbocycles. The van der Waals surface area contributed by atoms with Gasteiger partial charge in [-0.15, -0.1) is 0 Å². The van der Waals surface area contributed by atoms with Crippen molar-refractivity contribution in [3.8, 4) is 5.75 Å². The van der Waals surface area contributed by atoms with E-state index in [1.807, 2.05) is 0 Å². The van der Waals surface area contributed by atoms with Gasteiger partial charge in [0.25, 0.3) is 11.8 Å². The van der Waals surface area contributed by atoms with Gasteiger partial charge in [0.2, 0.25) is 0 Å². The molecule has 23 heavy (non-hydrogen) atoms. The Bertz CT molecular complexity index is 704. The molecule has 0 atom stereocenters. The number of para-hydroxylation sites is 1. The van der Waals surface area contributed by atoms with Gasteiger partial charge in [-0.2, -0.15) is 0 Å². The zero-order valence-corrected chi connectivity index (χ0v) is 12.4. The van der Waals surface area contributed by atoms with Gasteiger partial charge in [0.05, 0.1) is 5.56 Å². The molecule has 0 heterocycles. The molecule has 120 valence electrons. The minimum absolute atomic E-state index is 0.287. The van der Waals surface area contributed by atoms with Crippen LogP contribution in [0.25, 0.3) is 0 Å². The lowest BCUT2D eigenvalue weighted by atomic mass is 10.1. The van der Waals surface area contributed by atoms with Gasteiger partial charge in [0, 0.05) is 6.54 Å². The van der Waals surface area contributed by atoms with Crippen molar-refractivity contribution in [2.75, 3.05) is 13.2 Å². The highest BCUT2D eigenvalue weighted by atomic mass is 19.1. The van der Waals surface area contributed by atoms with Crippen LogP contribution in [0.5, 0.6) is 5.75 Å². The van der Waals surface area contributed by atoms with Crippen molar-refractivity contribution in [1.29, 1.82) is 0 Å². The summed E-state index contributed by atoms with van der Waals surface area (Å²) in [6, 6.07) is 12.8. The van der Waals surface area contributed by atoms with E-state index in [0.717, 1.165) is 5.56 Å². The summed E-state index contributed by atoms with van der Waals surface area (Å²) >= 11 is 0. The molecular formula is C17H17FN2O3. The molecule has 0 spiro atoms. The van der Waals surface area contributed by atoms with Crippen LogP contribution < -0.4 is 15.8 Å². The van der Waals surface area contributed by atoms with Crippen LogP contribution >= 0.6 is 0 Å². The summed E-state index contributed by atoms with van der Waals surface area (Å²) in [4.78, 5) is 23.0. The maximum absolute atomic E-state index is 13.1. The highest BCUT2D eigenvalue weighted by molar-refractivity contribution is 5.97. The summed E-state index contributed by atoms with van der Waals surface area (Å²) in [7, 11) is 0. The van der Waals surface area contributed by atoms with E-state index in [0.29, 0.717) is 18.5 Å². The first-order valence-electron chi connectivity index (χ1n) is 7.09. The average Bonchev–Trinajstić information content (AvgIpc) is 2.53. The SMILES string of the molecule is NC(=O)COc1ccccc1C(=O)NCCc1cccc(F)c1. The maximum atomic E-state index is 13.1. The van der Waals surface area contributed by atoms with Crippen molar-refractivity contribution in [2.24, 2.45) is 5.73 Å². The fraction of sp³-hybridized carbons (Fsp3) is 0.176. The minimum Gasteiger partial charge on any atom is -0.483 e. The van der Waals surface area contributed by atoms with Crippen LogP contribution in [-0.2, 0) is 11.2 Å². The number of carbonyl (C=O) groups excluding carboxylic acids is 2. The lowest BCUT2D eigenvalue weighted by molar-refractivity contribution is -0.119. The van der Waals surface area contributed by atoms with Crippen LogP contribution in [0.3, 0.4) is 0 Å². The van der Waals surface area contributed by atoms with Gasteiger partial charge < -0.3 is 15.8 Å². The Morgan fingerprint density at radius 1 is 1.13 bits per heavy atom. The first kappa shape index (κ1) is 16.5. The summed E-state index contributed by atoms with van der Waals surface area (Å²) in [6.07, 6.45) is 0.508. The van der Waals surface area contributed by atoms with Gasteiger partial charge in [-0.25, -0.2) is 4.39 Å². The molecule has 2 aromatic carbocycles. The number of carbonyl (C=O) groups is 2. The zero-order valence-electron chi connectivity index (χ0n) is 12.4. The summed E-state index contributed by atoms with van der Waals surface area (Å²) in [6.45, 7) is 0.0556. The molecule has 5 nitrogen and oxygen atoms in total. The normalized spacial score (nSPS) is 10.1. The number of ether oxygens (including phenoxy) is 1. The van der Waals surface area contributed by atoms with Gasteiger partial charge in [-0.3, -0.25) is 9.59 Å². The minimum atomic E-state index is -0.619. The van der Waals surface area contributed by atoms with E-state index in [9.17, 15) is 14.0 Å². The third-order valence-corrected chi connectivity index (χ3v) is 3.09. The molecule has 0 radical (unpaired) electrons. The Morgan fingerprint density at radius 3 is 2.65 bits per heavy atom. The van der Waals surface area contributed by atoms with Crippen LogP contribution in [-0.4, -0.2) is 25.0 Å². The number of benzene rings is 2. The summed E-state index contributed by atoms with van der Waals surface area (Å²) in [5.74, 6) is -0.971. The van der Waals surface area contributed by atoms with Gasteiger partial charge in [0.1, 0.15) is 11.6 Å². The molecule has 6 heteroatoms. The van der Waals surface area contributed by atoms with Crippen molar-refractivity contribution in [3.05, 3.63) is 65.5 Å². The highest BCUT2D eigenvalue weighted by Gasteiger charge is 2.12. The molecule has 0 aliphatic rings. The molecule has 0 bridgehead atoms. The first-order valence-corrected chi connectivity index (χ1v) is 7.09. The van der Waals surface area contributed by atoms with Crippen molar-refractivity contribution in [3.63, 3.8) is 0 Å². The second kappa shape index (κ2) is 7.93. The lowest BCUT2D eigenvalue weighted by Gasteiger charge is -2.10. The number of hydrogen-bond acceptors (Lipinski definition) is 3. The van der Waals surface area contributed by atoms with Gasteiger partial charge in [-0.1, -0.05) is 24.3 Å². The van der Waals surface area contributed by atoms with E-state index in [4.69, 9.17) is 10.5 Å². The Hall–Kier alpha value is -2.89. The number of amides is 2. The quantitative estimate of drug-likeness (QED) is 0.815. The smallest absolute Gasteiger partial charge is 0.255 e. The Balaban J connectivity index is 1.94. The number of hydrogen-bond donors (Lipinski definition) is 2. The molecule has 0 aromatic heterocycles. The van der Waals surface area contributed by atoms with Crippen molar-refractivity contribution >= 4 is 11.8 Å². The first-order chi connectivity index (χ1) is 11.1. The van der Waals surface area contributed by atoms with Gasteiger partial charge in [-0.05, 0) is 36.2 Å². The molecule has 0 saturated carbocycles. The molecular weight excluding hydrogens is 299 g/mol. The molecule has 2 amide bonds. The average molecular weight is 316 g/mol. The Morgan fingerprint density at radius 2 is 1.91 bits per heavy atom. The number of nitrogens with two attached hydrogens (primary N) is 1.